The molecule has 0 saturated heterocycles. The van der Waals surface area contributed by atoms with Crippen molar-refractivity contribution in [2.45, 2.75) is 6.04 Å². The van der Waals surface area contributed by atoms with E-state index in [9.17, 15) is 4.79 Å². The summed E-state index contributed by atoms with van der Waals surface area (Å²) in [7, 11) is 4.46. The number of nitrogens with two attached hydrogens (primary N) is 2. The molecule has 0 aliphatic rings. The second kappa shape index (κ2) is 6.08. The zero-order chi connectivity index (χ0) is 13.7. The number of hydrogen-bond donors (Lipinski definition) is 3. The Labute approximate surface area is 105 Å². The zero-order valence-corrected chi connectivity index (χ0v) is 10.5. The molecule has 1 amide bonds. The van der Waals surface area contributed by atoms with Crippen molar-refractivity contribution in [2.75, 3.05) is 21.3 Å². The van der Waals surface area contributed by atoms with E-state index in [4.69, 9.17) is 25.8 Å². The van der Waals surface area contributed by atoms with Crippen LogP contribution < -0.4 is 31.2 Å². The van der Waals surface area contributed by atoms with Gasteiger partial charge in [0.05, 0.1) is 21.3 Å². The molecule has 0 fully saturated rings. The summed E-state index contributed by atoms with van der Waals surface area (Å²) in [4.78, 5) is 11.4. The number of benzene rings is 1. The summed E-state index contributed by atoms with van der Waals surface area (Å²) in [6, 6.07) is 2.28. The molecule has 7 nitrogen and oxygen atoms in total. The first-order valence-electron chi connectivity index (χ1n) is 5.15. The molecule has 1 aromatic rings. The quantitative estimate of drug-likeness (QED) is 0.379. The van der Waals surface area contributed by atoms with Crippen LogP contribution in [0.5, 0.6) is 17.2 Å². The van der Waals surface area contributed by atoms with Gasteiger partial charge in [-0.15, -0.1) is 0 Å². The Balaban J connectivity index is 3.27. The second-order valence-electron chi connectivity index (χ2n) is 3.44. The van der Waals surface area contributed by atoms with E-state index >= 15 is 0 Å². The minimum atomic E-state index is -0.913. The highest BCUT2D eigenvalue weighted by atomic mass is 16.5. The van der Waals surface area contributed by atoms with Crippen LogP contribution in [0.2, 0.25) is 0 Å². The lowest BCUT2D eigenvalue weighted by Gasteiger charge is -2.16. The number of ether oxygens (including phenoxy) is 3. The van der Waals surface area contributed by atoms with Crippen molar-refractivity contribution < 1.29 is 19.0 Å². The predicted molar refractivity (Wildman–Crippen MR) is 65.4 cm³/mol. The summed E-state index contributed by atoms with van der Waals surface area (Å²) in [5, 5.41) is 0. The molecule has 0 bridgehead atoms. The first kappa shape index (κ1) is 14.1. The Morgan fingerprint density at radius 2 is 1.67 bits per heavy atom. The van der Waals surface area contributed by atoms with E-state index in [1.807, 2.05) is 5.43 Å². The lowest BCUT2D eigenvalue weighted by Crippen LogP contribution is -2.38. The van der Waals surface area contributed by atoms with E-state index < -0.39 is 11.9 Å². The van der Waals surface area contributed by atoms with E-state index in [1.165, 1.54) is 21.3 Å². The van der Waals surface area contributed by atoms with Gasteiger partial charge in [0.25, 0.3) is 5.91 Å². The van der Waals surface area contributed by atoms with E-state index in [2.05, 4.69) is 0 Å². The Bertz CT molecular complexity index is 411. The zero-order valence-electron chi connectivity index (χ0n) is 10.5. The van der Waals surface area contributed by atoms with Gasteiger partial charge in [0.1, 0.15) is 6.04 Å². The molecule has 0 aromatic heterocycles. The van der Waals surface area contributed by atoms with Gasteiger partial charge in [-0.1, -0.05) is 0 Å². The number of carbonyl (C=O) groups excluding carboxylic acids is 1. The van der Waals surface area contributed by atoms with Crippen LogP contribution >= 0.6 is 0 Å². The summed E-state index contributed by atoms with van der Waals surface area (Å²) >= 11 is 0. The van der Waals surface area contributed by atoms with Crippen molar-refractivity contribution in [3.8, 4) is 17.2 Å². The van der Waals surface area contributed by atoms with Crippen LogP contribution in [0.3, 0.4) is 0 Å². The predicted octanol–water partition coefficient (Wildman–Crippen LogP) is -0.298. The second-order valence-corrected chi connectivity index (χ2v) is 3.44. The number of methoxy groups -OCH3 is 3. The molecule has 0 saturated carbocycles. The fraction of sp³-hybridized carbons (Fsp3) is 0.364. The van der Waals surface area contributed by atoms with E-state index in [-0.39, 0.29) is 0 Å². The van der Waals surface area contributed by atoms with E-state index in [1.54, 1.807) is 12.1 Å². The Morgan fingerprint density at radius 1 is 1.17 bits per heavy atom. The Morgan fingerprint density at radius 3 is 2.00 bits per heavy atom. The van der Waals surface area contributed by atoms with Gasteiger partial charge in [0.2, 0.25) is 5.75 Å². The smallest absolute Gasteiger partial charge is 0.255 e. The Hall–Kier alpha value is -1.99. The van der Waals surface area contributed by atoms with Crippen LogP contribution in [0.4, 0.5) is 0 Å². The van der Waals surface area contributed by atoms with Crippen molar-refractivity contribution in [1.29, 1.82) is 0 Å². The molecular formula is C11H17N3O4. The average Bonchev–Trinajstić information content (AvgIpc) is 2.43. The van der Waals surface area contributed by atoms with E-state index in [0.717, 1.165) is 0 Å². The van der Waals surface area contributed by atoms with Crippen LogP contribution in [0, 0.1) is 0 Å². The van der Waals surface area contributed by atoms with Gasteiger partial charge >= 0.3 is 0 Å². The number of rotatable bonds is 5. The topological polar surface area (TPSA) is 109 Å². The molecule has 0 aliphatic carbocycles. The molecule has 1 rings (SSSR count). The number of amides is 1. The summed E-state index contributed by atoms with van der Waals surface area (Å²) < 4.78 is 15.5. The van der Waals surface area contributed by atoms with Crippen LogP contribution in [-0.4, -0.2) is 27.2 Å². The van der Waals surface area contributed by atoms with Gasteiger partial charge in [0, 0.05) is 0 Å². The molecule has 5 N–H and O–H groups in total. The molecule has 1 aromatic carbocycles. The number of carbonyl (C=O) groups is 1. The molecular weight excluding hydrogens is 238 g/mol. The van der Waals surface area contributed by atoms with Gasteiger partial charge in [-0.25, -0.2) is 5.84 Å². The minimum absolute atomic E-state index is 0.423. The third kappa shape index (κ3) is 2.63. The maximum absolute atomic E-state index is 11.4. The Kier molecular flexibility index (Phi) is 4.75. The molecule has 1 atom stereocenters. The normalized spacial score (nSPS) is 11.6. The largest absolute Gasteiger partial charge is 0.493 e. The standard InChI is InChI=1S/C11H17N3O4/c1-16-7-4-6(9(12)11(15)14-13)5-8(17-2)10(7)18-3/h4-5,9H,12-13H2,1-3H3,(H,14,15). The van der Waals surface area contributed by atoms with Crippen LogP contribution in [-0.2, 0) is 4.79 Å². The number of hydrazine groups is 1. The van der Waals surface area contributed by atoms with Crippen LogP contribution in [0.1, 0.15) is 11.6 Å². The van der Waals surface area contributed by atoms with Gasteiger partial charge in [0.15, 0.2) is 11.5 Å². The highest BCUT2D eigenvalue weighted by Crippen LogP contribution is 2.39. The summed E-state index contributed by atoms with van der Waals surface area (Å²) in [5.41, 5.74) is 8.24. The summed E-state index contributed by atoms with van der Waals surface area (Å²) in [6.07, 6.45) is 0. The molecule has 1 unspecified atom stereocenters. The van der Waals surface area contributed by atoms with Crippen molar-refractivity contribution in [1.82, 2.24) is 5.43 Å². The third-order valence-corrected chi connectivity index (χ3v) is 2.47. The van der Waals surface area contributed by atoms with Crippen molar-refractivity contribution in [2.24, 2.45) is 11.6 Å². The first-order chi connectivity index (χ1) is 8.58. The fourth-order valence-electron chi connectivity index (χ4n) is 1.52. The highest BCUT2D eigenvalue weighted by Gasteiger charge is 2.20. The molecule has 0 spiro atoms. The van der Waals surface area contributed by atoms with Crippen molar-refractivity contribution >= 4 is 5.91 Å². The molecule has 7 heteroatoms. The van der Waals surface area contributed by atoms with Crippen molar-refractivity contribution in [3.05, 3.63) is 17.7 Å². The number of hydrogen-bond acceptors (Lipinski definition) is 6. The lowest BCUT2D eigenvalue weighted by atomic mass is 10.1. The van der Waals surface area contributed by atoms with Crippen LogP contribution in [0.15, 0.2) is 12.1 Å². The summed E-state index contributed by atoms with van der Waals surface area (Å²) in [5.74, 6) is 5.81. The average molecular weight is 255 g/mol. The van der Waals surface area contributed by atoms with Gasteiger partial charge in [-0.2, -0.15) is 0 Å². The molecule has 18 heavy (non-hydrogen) atoms. The molecule has 0 aliphatic heterocycles. The lowest BCUT2D eigenvalue weighted by molar-refractivity contribution is -0.122. The van der Waals surface area contributed by atoms with Gasteiger partial charge in [-0.05, 0) is 17.7 Å². The van der Waals surface area contributed by atoms with E-state index in [0.29, 0.717) is 22.8 Å². The molecule has 100 valence electrons. The summed E-state index contributed by atoms with van der Waals surface area (Å²) in [6.45, 7) is 0. The maximum atomic E-state index is 11.4. The monoisotopic (exact) mass is 255 g/mol. The highest BCUT2D eigenvalue weighted by molar-refractivity contribution is 5.82. The first-order valence-corrected chi connectivity index (χ1v) is 5.15. The molecule has 0 heterocycles. The minimum Gasteiger partial charge on any atom is -0.493 e. The SMILES string of the molecule is COc1cc(C(N)C(=O)NN)cc(OC)c1OC. The third-order valence-electron chi connectivity index (χ3n) is 2.47. The van der Waals surface area contributed by atoms with Crippen molar-refractivity contribution in [3.63, 3.8) is 0 Å². The maximum Gasteiger partial charge on any atom is 0.255 e. The number of nitrogens with one attached hydrogen (secondary N) is 1. The molecule has 0 radical (unpaired) electrons. The van der Waals surface area contributed by atoms with Crippen LogP contribution in [0.25, 0.3) is 0 Å². The van der Waals surface area contributed by atoms with Gasteiger partial charge in [-0.3, -0.25) is 10.2 Å². The fourth-order valence-corrected chi connectivity index (χ4v) is 1.52. The van der Waals surface area contributed by atoms with Gasteiger partial charge < -0.3 is 19.9 Å².